The molecule has 0 aromatic heterocycles. The van der Waals surface area contributed by atoms with Crippen LogP contribution in [0.5, 0.6) is 0 Å². The van der Waals surface area contributed by atoms with Crippen LogP contribution in [0.15, 0.2) is 27.1 Å². The van der Waals surface area contributed by atoms with Crippen LogP contribution in [0.4, 0.5) is 10.5 Å². The molecule has 120 valence electrons. The quantitative estimate of drug-likeness (QED) is 0.732. The fraction of sp³-hybridized carbons (Fsp3) is 0.467. The molecule has 1 saturated heterocycles. The van der Waals surface area contributed by atoms with Crippen LogP contribution in [-0.2, 0) is 9.53 Å². The van der Waals surface area contributed by atoms with Crippen LogP contribution in [0.3, 0.4) is 0 Å². The van der Waals surface area contributed by atoms with Crippen molar-refractivity contribution in [2.45, 2.75) is 19.8 Å². The van der Waals surface area contributed by atoms with Crippen LogP contribution in [0.25, 0.3) is 0 Å². The Morgan fingerprint density at radius 3 is 2.86 bits per heavy atom. The number of hydrogen-bond donors (Lipinski definition) is 1. The Hall–Kier alpha value is -1.08. The van der Waals surface area contributed by atoms with E-state index in [0.717, 1.165) is 21.8 Å². The molecule has 0 saturated carbocycles. The number of rotatable bonds is 3. The lowest BCUT2D eigenvalue weighted by Crippen LogP contribution is -2.44. The van der Waals surface area contributed by atoms with Crippen molar-refractivity contribution in [2.24, 2.45) is 5.92 Å². The number of ether oxygens (including phenoxy) is 1. The Morgan fingerprint density at radius 1 is 1.41 bits per heavy atom. The Balaban J connectivity index is 1.98. The van der Waals surface area contributed by atoms with E-state index in [2.05, 4.69) is 37.2 Å². The topological polar surface area (TPSA) is 58.6 Å². The average molecular weight is 434 g/mol. The van der Waals surface area contributed by atoms with Crippen molar-refractivity contribution in [3.63, 3.8) is 0 Å². The number of amides is 2. The summed E-state index contributed by atoms with van der Waals surface area (Å²) in [5.41, 5.74) is 0.700. The van der Waals surface area contributed by atoms with Crippen LogP contribution in [0.1, 0.15) is 19.8 Å². The maximum Gasteiger partial charge on any atom is 0.321 e. The van der Waals surface area contributed by atoms with Gasteiger partial charge in [-0.3, -0.25) is 4.79 Å². The number of hydrogen-bond acceptors (Lipinski definition) is 3. The number of urea groups is 1. The summed E-state index contributed by atoms with van der Waals surface area (Å²) < 4.78 is 6.78. The number of nitrogens with zero attached hydrogens (tertiary/aromatic N) is 1. The molecule has 7 heteroatoms. The number of piperidine rings is 1. The number of nitrogens with one attached hydrogen (secondary N) is 1. The van der Waals surface area contributed by atoms with Crippen LogP contribution in [0.2, 0.25) is 0 Å². The highest BCUT2D eigenvalue weighted by atomic mass is 79.9. The summed E-state index contributed by atoms with van der Waals surface area (Å²) in [5.74, 6) is -0.447. The van der Waals surface area contributed by atoms with Crippen molar-refractivity contribution in [1.82, 2.24) is 4.90 Å². The number of esters is 1. The predicted octanol–water partition coefficient (Wildman–Crippen LogP) is 4.02. The van der Waals surface area contributed by atoms with Crippen LogP contribution >= 0.6 is 31.9 Å². The van der Waals surface area contributed by atoms with Crippen molar-refractivity contribution in [1.29, 1.82) is 0 Å². The molecule has 1 fully saturated rings. The normalized spacial score (nSPS) is 18.0. The molecule has 2 rings (SSSR count). The average Bonchev–Trinajstić information content (AvgIpc) is 2.50. The minimum atomic E-state index is -0.229. The number of benzene rings is 1. The second kappa shape index (κ2) is 7.97. The lowest BCUT2D eigenvalue weighted by molar-refractivity contribution is -0.149. The molecule has 1 unspecified atom stereocenters. The molecule has 1 aliphatic rings. The van der Waals surface area contributed by atoms with Gasteiger partial charge in [-0.2, -0.15) is 0 Å². The highest BCUT2D eigenvalue weighted by Crippen LogP contribution is 2.27. The number of halogens is 2. The fourth-order valence-corrected chi connectivity index (χ4v) is 3.55. The first-order valence-corrected chi connectivity index (χ1v) is 8.77. The Bertz CT molecular complexity index is 566. The molecule has 0 aliphatic carbocycles. The van der Waals surface area contributed by atoms with E-state index in [1.807, 2.05) is 18.2 Å². The van der Waals surface area contributed by atoms with Gasteiger partial charge in [-0.1, -0.05) is 15.9 Å². The summed E-state index contributed by atoms with van der Waals surface area (Å²) >= 11 is 6.79. The van der Waals surface area contributed by atoms with Gasteiger partial charge in [0.05, 0.1) is 18.2 Å². The van der Waals surface area contributed by atoms with Gasteiger partial charge in [0, 0.05) is 22.0 Å². The molecule has 1 aliphatic heterocycles. The minimum absolute atomic E-state index is 0.197. The van der Waals surface area contributed by atoms with Crippen molar-refractivity contribution in [3.8, 4) is 0 Å². The van der Waals surface area contributed by atoms with Gasteiger partial charge >= 0.3 is 12.0 Å². The zero-order chi connectivity index (χ0) is 16.1. The predicted molar refractivity (Wildman–Crippen MR) is 91.8 cm³/mol. The third-order valence-electron chi connectivity index (χ3n) is 3.50. The van der Waals surface area contributed by atoms with Crippen molar-refractivity contribution < 1.29 is 14.3 Å². The van der Waals surface area contributed by atoms with Gasteiger partial charge in [0.2, 0.25) is 0 Å². The van der Waals surface area contributed by atoms with Crippen LogP contribution in [0, 0.1) is 5.92 Å². The summed E-state index contributed by atoms with van der Waals surface area (Å²) in [4.78, 5) is 25.8. The van der Waals surface area contributed by atoms with Crippen molar-refractivity contribution >= 4 is 49.5 Å². The molecule has 1 heterocycles. The molecule has 1 aromatic rings. The number of carbonyl (C=O) groups excluding carboxylic acids is 2. The fourth-order valence-electron chi connectivity index (χ4n) is 2.40. The molecule has 22 heavy (non-hydrogen) atoms. The number of carbonyl (C=O) groups is 2. The van der Waals surface area contributed by atoms with E-state index >= 15 is 0 Å². The first-order valence-electron chi connectivity index (χ1n) is 7.19. The third-order valence-corrected chi connectivity index (χ3v) is 4.65. The molecular weight excluding hydrogens is 416 g/mol. The molecule has 1 atom stereocenters. The smallest absolute Gasteiger partial charge is 0.321 e. The first-order chi connectivity index (χ1) is 10.5. The Labute approximate surface area is 146 Å². The van der Waals surface area contributed by atoms with E-state index in [0.29, 0.717) is 25.4 Å². The molecule has 1 N–H and O–H groups in total. The van der Waals surface area contributed by atoms with Crippen molar-refractivity contribution in [2.75, 3.05) is 25.0 Å². The molecule has 0 bridgehead atoms. The van der Waals surface area contributed by atoms with E-state index in [4.69, 9.17) is 4.74 Å². The standard InChI is InChI=1S/C15H18Br2N2O3/c1-2-22-14(20)10-4-3-7-19(9-10)15(21)18-13-6-5-11(16)8-12(13)17/h5-6,8,10H,2-4,7,9H2,1H3,(H,18,21). The molecule has 0 spiro atoms. The molecular formula is C15H18Br2N2O3. The molecule has 1 aromatic carbocycles. The largest absolute Gasteiger partial charge is 0.466 e. The van der Waals surface area contributed by atoms with Gasteiger partial charge in [-0.05, 0) is 53.9 Å². The zero-order valence-corrected chi connectivity index (χ0v) is 15.4. The Kier molecular flexibility index (Phi) is 6.26. The van der Waals surface area contributed by atoms with Gasteiger partial charge in [0.1, 0.15) is 0 Å². The van der Waals surface area contributed by atoms with Crippen LogP contribution < -0.4 is 5.32 Å². The zero-order valence-electron chi connectivity index (χ0n) is 12.3. The second-order valence-corrected chi connectivity index (χ2v) is 6.86. The molecule has 0 radical (unpaired) electrons. The summed E-state index contributed by atoms with van der Waals surface area (Å²) in [7, 11) is 0. The summed E-state index contributed by atoms with van der Waals surface area (Å²) in [6.07, 6.45) is 1.57. The number of likely N-dealkylation sites (tertiary alicyclic amines) is 1. The SMILES string of the molecule is CCOC(=O)C1CCCN(C(=O)Nc2ccc(Br)cc2Br)C1. The maximum absolute atomic E-state index is 12.4. The van der Waals surface area contributed by atoms with E-state index in [9.17, 15) is 9.59 Å². The van der Waals surface area contributed by atoms with E-state index in [1.165, 1.54) is 0 Å². The number of anilines is 1. The molecule has 2 amide bonds. The van der Waals surface area contributed by atoms with Crippen LogP contribution in [-0.4, -0.2) is 36.6 Å². The summed E-state index contributed by atoms with van der Waals surface area (Å²) in [6, 6.07) is 5.35. The van der Waals surface area contributed by atoms with Gasteiger partial charge < -0.3 is 15.0 Å². The minimum Gasteiger partial charge on any atom is -0.466 e. The van der Waals surface area contributed by atoms with Gasteiger partial charge in [0.15, 0.2) is 0 Å². The van der Waals surface area contributed by atoms with Gasteiger partial charge in [-0.15, -0.1) is 0 Å². The van der Waals surface area contributed by atoms with E-state index in [-0.39, 0.29) is 17.9 Å². The second-order valence-electron chi connectivity index (χ2n) is 5.09. The van der Waals surface area contributed by atoms with Crippen molar-refractivity contribution in [3.05, 3.63) is 27.1 Å². The third kappa shape index (κ3) is 4.46. The molecule has 5 nitrogen and oxygen atoms in total. The highest BCUT2D eigenvalue weighted by molar-refractivity contribution is 9.11. The lowest BCUT2D eigenvalue weighted by Gasteiger charge is -2.31. The van der Waals surface area contributed by atoms with Gasteiger partial charge in [-0.25, -0.2) is 4.79 Å². The summed E-state index contributed by atoms with van der Waals surface area (Å²) in [6.45, 7) is 3.21. The van der Waals surface area contributed by atoms with Gasteiger partial charge in [0.25, 0.3) is 0 Å². The summed E-state index contributed by atoms with van der Waals surface area (Å²) in [5, 5.41) is 2.87. The van der Waals surface area contributed by atoms with E-state index in [1.54, 1.807) is 11.8 Å². The Morgan fingerprint density at radius 2 is 2.18 bits per heavy atom. The monoisotopic (exact) mass is 432 g/mol. The maximum atomic E-state index is 12.4. The highest BCUT2D eigenvalue weighted by Gasteiger charge is 2.29. The first kappa shape index (κ1) is 17.3. The van der Waals surface area contributed by atoms with E-state index < -0.39 is 0 Å². The lowest BCUT2D eigenvalue weighted by atomic mass is 9.98.